The second-order valence-electron chi connectivity index (χ2n) is 10.1. The van der Waals surface area contributed by atoms with Crippen molar-refractivity contribution in [3.05, 3.63) is 53.4 Å². The number of ether oxygens (including phenoxy) is 3. The van der Waals surface area contributed by atoms with Crippen molar-refractivity contribution in [2.45, 2.75) is 70.3 Å². The summed E-state index contributed by atoms with van der Waals surface area (Å²) < 4.78 is 86.3. The van der Waals surface area contributed by atoms with Crippen LogP contribution in [0, 0.1) is 23.0 Å². The highest BCUT2D eigenvalue weighted by atomic mass is 19.4. The van der Waals surface area contributed by atoms with Crippen LogP contribution in [0.3, 0.4) is 0 Å². The van der Waals surface area contributed by atoms with Gasteiger partial charge in [-0.3, -0.25) is 20.5 Å². The number of amides is 2. The summed E-state index contributed by atoms with van der Waals surface area (Å²) in [6, 6.07) is 4.33. The molecule has 1 aliphatic rings. The fourth-order valence-electron chi connectivity index (χ4n) is 4.79. The molecule has 0 spiro atoms. The van der Waals surface area contributed by atoms with Crippen LogP contribution >= 0.6 is 0 Å². The number of amidine groups is 1. The fraction of sp³-hybridized carbons (Fsp3) is 0.500. The molecule has 2 aromatic rings. The SMILES string of the molecule is CCCCCCOC(=O)NC(=N)c1cc(NC(=O)[C@@H]2O[C@@](C)(C(F)(F)F)[C@@H](C)[C@H]2c2ccc(F)c(F)c2OC)ccn1. The molecule has 0 radical (unpaired) electrons. The first-order valence-corrected chi connectivity index (χ1v) is 13.3. The largest absolute Gasteiger partial charge is 0.493 e. The Labute approximate surface area is 239 Å². The van der Waals surface area contributed by atoms with Gasteiger partial charge in [-0.05, 0) is 31.5 Å². The smallest absolute Gasteiger partial charge is 0.417 e. The Kier molecular flexibility index (Phi) is 10.5. The van der Waals surface area contributed by atoms with Crippen LogP contribution in [0.25, 0.3) is 0 Å². The molecule has 0 saturated carbocycles. The second-order valence-corrected chi connectivity index (χ2v) is 10.1. The van der Waals surface area contributed by atoms with E-state index in [0.717, 1.165) is 45.4 Å². The number of aromatic nitrogens is 1. The summed E-state index contributed by atoms with van der Waals surface area (Å²) >= 11 is 0. The van der Waals surface area contributed by atoms with E-state index < -0.39 is 64.9 Å². The lowest BCUT2D eigenvalue weighted by molar-refractivity contribution is -0.272. The van der Waals surface area contributed by atoms with E-state index in [9.17, 15) is 31.5 Å². The van der Waals surface area contributed by atoms with Crippen LogP contribution in [0.4, 0.5) is 32.4 Å². The van der Waals surface area contributed by atoms with Crippen molar-refractivity contribution in [3.8, 4) is 5.75 Å². The summed E-state index contributed by atoms with van der Waals surface area (Å²) in [5.74, 6) is -7.60. The van der Waals surface area contributed by atoms with Crippen LogP contribution in [0.1, 0.15) is 63.6 Å². The van der Waals surface area contributed by atoms with Crippen LogP contribution in [-0.4, -0.2) is 54.4 Å². The molecule has 1 saturated heterocycles. The molecule has 3 rings (SSSR count). The Bertz CT molecular complexity index is 1310. The molecule has 1 fully saturated rings. The Hall–Kier alpha value is -3.81. The van der Waals surface area contributed by atoms with Gasteiger partial charge >= 0.3 is 12.3 Å². The summed E-state index contributed by atoms with van der Waals surface area (Å²) in [6.07, 6.45) is -2.80. The zero-order valence-electron chi connectivity index (χ0n) is 23.5. The van der Waals surface area contributed by atoms with Crippen LogP contribution in [-0.2, 0) is 14.3 Å². The number of pyridine rings is 1. The molecule has 9 nitrogen and oxygen atoms in total. The first kappa shape index (κ1) is 32.7. The van der Waals surface area contributed by atoms with E-state index in [4.69, 9.17) is 19.6 Å². The number of alkyl halides is 3. The molecule has 1 aliphatic heterocycles. The third kappa shape index (κ3) is 6.97. The maximum Gasteiger partial charge on any atom is 0.417 e. The van der Waals surface area contributed by atoms with E-state index in [1.807, 2.05) is 6.92 Å². The molecular weight excluding hydrogens is 567 g/mol. The van der Waals surface area contributed by atoms with Crippen LogP contribution < -0.4 is 15.4 Å². The van der Waals surface area contributed by atoms with Gasteiger partial charge in [0.05, 0.1) is 13.7 Å². The molecule has 1 aromatic carbocycles. The van der Waals surface area contributed by atoms with Crippen LogP contribution in [0.15, 0.2) is 30.5 Å². The van der Waals surface area contributed by atoms with E-state index in [-0.39, 0.29) is 23.6 Å². The number of rotatable bonds is 10. The number of alkyl carbamates (subject to hydrolysis) is 1. The van der Waals surface area contributed by atoms with Crippen molar-refractivity contribution in [3.63, 3.8) is 0 Å². The van der Waals surface area contributed by atoms with Gasteiger partial charge in [-0.15, -0.1) is 0 Å². The number of halogens is 5. The van der Waals surface area contributed by atoms with Crippen molar-refractivity contribution in [1.29, 1.82) is 5.41 Å². The van der Waals surface area contributed by atoms with Crippen molar-refractivity contribution in [2.75, 3.05) is 19.0 Å². The lowest BCUT2D eigenvalue weighted by atomic mass is 9.77. The highest BCUT2D eigenvalue weighted by Gasteiger charge is 2.65. The number of methoxy groups -OCH3 is 1. The molecule has 0 bridgehead atoms. The number of nitrogens with zero attached hydrogens (tertiary/aromatic N) is 1. The van der Waals surface area contributed by atoms with Crippen molar-refractivity contribution in [2.24, 2.45) is 5.92 Å². The molecule has 1 aromatic heterocycles. The summed E-state index contributed by atoms with van der Waals surface area (Å²) in [6.45, 7) is 4.20. The van der Waals surface area contributed by atoms with Crippen LogP contribution in [0.5, 0.6) is 5.75 Å². The molecule has 3 N–H and O–H groups in total. The monoisotopic (exact) mass is 600 g/mol. The van der Waals surface area contributed by atoms with E-state index in [1.165, 1.54) is 25.3 Å². The maximum absolute atomic E-state index is 14.5. The topological polar surface area (TPSA) is 123 Å². The maximum atomic E-state index is 14.5. The number of anilines is 1. The quantitative estimate of drug-likeness (QED) is 0.132. The van der Waals surface area contributed by atoms with E-state index in [2.05, 4.69) is 15.6 Å². The van der Waals surface area contributed by atoms with Gasteiger partial charge in [0.25, 0.3) is 5.91 Å². The first-order valence-electron chi connectivity index (χ1n) is 13.3. The first-order chi connectivity index (χ1) is 19.7. The fourth-order valence-corrected chi connectivity index (χ4v) is 4.79. The lowest BCUT2D eigenvalue weighted by Crippen LogP contribution is -2.47. The summed E-state index contributed by atoms with van der Waals surface area (Å²) in [4.78, 5) is 29.4. The van der Waals surface area contributed by atoms with Crippen LogP contribution in [0.2, 0.25) is 0 Å². The Morgan fingerprint density at radius 3 is 2.52 bits per heavy atom. The highest BCUT2D eigenvalue weighted by Crippen LogP contribution is 2.55. The predicted octanol–water partition coefficient (Wildman–Crippen LogP) is 6.08. The Morgan fingerprint density at radius 1 is 1.17 bits per heavy atom. The summed E-state index contributed by atoms with van der Waals surface area (Å²) in [5, 5.41) is 12.8. The predicted molar refractivity (Wildman–Crippen MR) is 142 cm³/mol. The summed E-state index contributed by atoms with van der Waals surface area (Å²) in [7, 11) is 1.03. The van der Waals surface area contributed by atoms with E-state index in [0.29, 0.717) is 6.42 Å². The third-order valence-corrected chi connectivity index (χ3v) is 7.31. The van der Waals surface area contributed by atoms with E-state index >= 15 is 0 Å². The second kappa shape index (κ2) is 13.4. The molecular formula is C28H33F5N4O5. The number of carbonyl (C=O) groups is 2. The number of carbonyl (C=O) groups excluding carboxylic acids is 2. The van der Waals surface area contributed by atoms with Gasteiger partial charge in [0.2, 0.25) is 5.82 Å². The van der Waals surface area contributed by atoms with Crippen molar-refractivity contribution in [1.82, 2.24) is 10.3 Å². The third-order valence-electron chi connectivity index (χ3n) is 7.31. The normalized spacial score (nSPS) is 22.0. The van der Waals surface area contributed by atoms with Gasteiger partial charge < -0.3 is 19.5 Å². The highest BCUT2D eigenvalue weighted by molar-refractivity contribution is 6.04. The van der Waals surface area contributed by atoms with Gasteiger partial charge in [0.15, 0.2) is 23.0 Å². The van der Waals surface area contributed by atoms with E-state index in [1.54, 1.807) is 0 Å². The number of hydrogen-bond acceptors (Lipinski definition) is 7. The average Bonchev–Trinajstić information content (AvgIpc) is 3.21. The van der Waals surface area contributed by atoms with Gasteiger partial charge in [-0.25, -0.2) is 9.18 Å². The molecule has 2 amide bonds. The van der Waals surface area contributed by atoms with Gasteiger partial charge in [0, 0.05) is 29.3 Å². The molecule has 0 unspecified atom stereocenters. The molecule has 42 heavy (non-hydrogen) atoms. The number of nitrogens with one attached hydrogen (secondary N) is 3. The minimum atomic E-state index is -4.92. The summed E-state index contributed by atoms with van der Waals surface area (Å²) in [5.41, 5.74) is -3.04. The Balaban J connectivity index is 1.83. The number of benzene rings is 1. The average molecular weight is 601 g/mol. The van der Waals surface area contributed by atoms with Gasteiger partial charge in [0.1, 0.15) is 11.8 Å². The van der Waals surface area contributed by atoms with Crippen molar-refractivity contribution < 1.29 is 45.8 Å². The zero-order valence-corrected chi connectivity index (χ0v) is 23.5. The molecule has 0 aliphatic carbocycles. The lowest BCUT2D eigenvalue weighted by Gasteiger charge is -2.32. The molecule has 14 heteroatoms. The number of hydrogen-bond donors (Lipinski definition) is 3. The minimum Gasteiger partial charge on any atom is -0.493 e. The minimum absolute atomic E-state index is 0.0253. The molecule has 4 atom stereocenters. The van der Waals surface area contributed by atoms with Gasteiger partial charge in [-0.2, -0.15) is 17.6 Å². The number of unbranched alkanes of at least 4 members (excludes halogenated alkanes) is 3. The Morgan fingerprint density at radius 2 is 1.88 bits per heavy atom. The molecule has 230 valence electrons. The zero-order chi connectivity index (χ0) is 31.2. The molecule has 2 heterocycles. The van der Waals surface area contributed by atoms with Crippen molar-refractivity contribution >= 4 is 23.5 Å². The standard InChI is InChI=1S/C28H33F5N4O5/c1-5-6-7-8-13-41-26(39)37-24(34)19-14-16(11-12-35-19)36-25(38)23-20(15(2)27(3,42-23)28(31,32)33)17-9-10-18(29)21(30)22(17)40-4/h9-12,14-15,20,23H,5-8,13H2,1-4H3,(H2,34,37,39)(H,35,36,38)/t15-,20-,23+,27+/m0/s1. The van der Waals surface area contributed by atoms with Gasteiger partial charge in [-0.1, -0.05) is 39.2 Å².